The number of nitrogens with zero attached hydrogens (tertiary/aromatic N) is 7. The van der Waals surface area contributed by atoms with Gasteiger partial charge in [-0.05, 0) is 18.9 Å². The Morgan fingerprint density at radius 1 is 0.977 bits per heavy atom. The zero-order valence-corrected chi connectivity index (χ0v) is 24.1. The predicted molar refractivity (Wildman–Crippen MR) is 155 cm³/mol. The number of carbonyl (C=O) groups is 1. The highest BCUT2D eigenvalue weighted by Gasteiger charge is 2.34. The Bertz CT molecular complexity index is 1630. The zero-order chi connectivity index (χ0) is 31.4. The van der Waals surface area contributed by atoms with E-state index in [1.807, 2.05) is 30.3 Å². The van der Waals surface area contributed by atoms with E-state index in [1.54, 1.807) is 5.48 Å². The number of aromatic nitrogens is 8. The molecule has 1 amide bonds. The molecule has 16 heteroatoms. The molecule has 5 rings (SSSR count). The maximum absolute atomic E-state index is 14.1. The molecule has 0 radical (unpaired) electrons. The first-order chi connectivity index (χ1) is 21.3. The number of halogens is 2. The van der Waals surface area contributed by atoms with E-state index in [1.165, 1.54) is 58.6 Å². The summed E-state index contributed by atoms with van der Waals surface area (Å²) in [5.41, 5.74) is 1.21. The predicted octanol–water partition coefficient (Wildman–Crippen LogP) is 2.94. The molecule has 0 aliphatic heterocycles. The summed E-state index contributed by atoms with van der Waals surface area (Å²) in [5, 5.41) is 27.7. The van der Waals surface area contributed by atoms with Crippen LogP contribution in [-0.2, 0) is 23.5 Å². The average Bonchev–Trinajstić information content (AvgIpc) is 3.72. The lowest BCUT2D eigenvalue weighted by Crippen LogP contribution is -2.37. The maximum Gasteiger partial charge on any atom is 0.252 e. The second-order valence-electron chi connectivity index (χ2n) is 9.48. The quantitative estimate of drug-likeness (QED) is 0.0530. The Labute approximate surface area is 254 Å². The van der Waals surface area contributed by atoms with Gasteiger partial charge in [0.05, 0.1) is 18.8 Å². The van der Waals surface area contributed by atoms with Gasteiger partial charge in [0.2, 0.25) is 5.91 Å². The first-order valence-corrected chi connectivity index (χ1v) is 14.3. The summed E-state index contributed by atoms with van der Waals surface area (Å²) in [6.45, 7) is -0.148. The lowest BCUT2D eigenvalue weighted by atomic mass is 9.93. The minimum Gasteiger partial charge on any atom is -0.381 e. The van der Waals surface area contributed by atoms with Crippen molar-refractivity contribution in [3.05, 3.63) is 107 Å². The third-order valence-corrected chi connectivity index (χ3v) is 7.12. The number of aromatic amines is 1. The molecule has 0 fully saturated rings. The minimum absolute atomic E-state index is 0.0556. The number of thioether (sulfide) groups is 1. The fourth-order valence-corrected chi connectivity index (χ4v) is 5.00. The van der Waals surface area contributed by atoms with E-state index in [9.17, 15) is 23.5 Å². The number of nitrogens with one attached hydrogen (secondary N) is 2. The van der Waals surface area contributed by atoms with Gasteiger partial charge in [-0.2, -0.15) is 10.2 Å². The number of rotatable bonds is 12. The van der Waals surface area contributed by atoms with E-state index < -0.39 is 17.2 Å². The van der Waals surface area contributed by atoms with Crippen LogP contribution in [0.2, 0.25) is 0 Å². The fraction of sp³-hybridized carbons (Fsp3) is 0.250. The number of aliphatic hydroxyl groups is 1. The molecule has 0 saturated carbocycles. The van der Waals surface area contributed by atoms with Gasteiger partial charge in [0, 0.05) is 35.4 Å². The summed E-state index contributed by atoms with van der Waals surface area (Å²) in [6.07, 6.45) is 7.14. The molecule has 0 aliphatic carbocycles. The lowest BCUT2D eigenvalue weighted by molar-refractivity contribution is -0.129. The second-order valence-corrected chi connectivity index (χ2v) is 10.6. The van der Waals surface area contributed by atoms with E-state index in [-0.39, 0.29) is 36.5 Å². The molecule has 5 aromatic rings. The highest BCUT2D eigenvalue weighted by atomic mass is 32.2. The molecule has 0 bridgehead atoms. The van der Waals surface area contributed by atoms with Crippen LogP contribution in [0.25, 0.3) is 11.3 Å². The first kappa shape index (κ1) is 32.1. The van der Waals surface area contributed by atoms with Crippen molar-refractivity contribution in [1.29, 1.82) is 0 Å². The fourth-order valence-electron chi connectivity index (χ4n) is 4.12. The molecule has 0 aliphatic rings. The van der Waals surface area contributed by atoms with Crippen LogP contribution >= 0.6 is 11.8 Å². The van der Waals surface area contributed by atoms with Crippen LogP contribution in [0.5, 0.6) is 0 Å². The molecule has 3 heterocycles. The van der Waals surface area contributed by atoms with Crippen LogP contribution in [0.15, 0.2) is 89.9 Å². The van der Waals surface area contributed by atoms with Crippen molar-refractivity contribution in [2.75, 3.05) is 5.75 Å². The topological polar surface area (TPSA) is 177 Å². The van der Waals surface area contributed by atoms with Gasteiger partial charge in [-0.15, -0.1) is 0 Å². The third kappa shape index (κ3) is 9.35. The van der Waals surface area contributed by atoms with Crippen molar-refractivity contribution >= 4 is 17.7 Å². The van der Waals surface area contributed by atoms with Gasteiger partial charge in [0.1, 0.15) is 42.5 Å². The SMILES string of the molecule is O=C(CCCCSc1nc(-c2ccccc2)cc(=O)[nH]1)NO.OC(Cn1cncn1)(Cn1cncn1)c1ccc(F)cc1F. The van der Waals surface area contributed by atoms with E-state index >= 15 is 0 Å². The van der Waals surface area contributed by atoms with Crippen LogP contribution in [0, 0.1) is 11.6 Å². The summed E-state index contributed by atoms with van der Waals surface area (Å²) < 4.78 is 29.9. The van der Waals surface area contributed by atoms with Gasteiger partial charge in [-0.1, -0.05) is 48.2 Å². The number of amides is 1. The van der Waals surface area contributed by atoms with Crippen molar-refractivity contribution in [3.63, 3.8) is 0 Å². The van der Waals surface area contributed by atoms with Crippen molar-refractivity contribution < 1.29 is 23.9 Å². The highest BCUT2D eigenvalue weighted by Crippen LogP contribution is 2.28. The first-order valence-electron chi connectivity index (χ1n) is 13.3. The Morgan fingerprint density at radius 3 is 2.25 bits per heavy atom. The average molecular weight is 626 g/mol. The Kier molecular flexibility index (Phi) is 11.4. The molecule has 0 unspecified atom stereocenters. The number of hydroxylamine groups is 1. The minimum atomic E-state index is -1.70. The van der Waals surface area contributed by atoms with E-state index in [4.69, 9.17) is 5.21 Å². The number of hydrogen-bond acceptors (Lipinski definition) is 10. The van der Waals surface area contributed by atoms with Crippen LogP contribution in [0.1, 0.15) is 24.8 Å². The summed E-state index contributed by atoms with van der Waals surface area (Å²) in [5.74, 6) is -1.21. The second kappa shape index (κ2) is 15.6. The Morgan fingerprint density at radius 2 is 1.66 bits per heavy atom. The van der Waals surface area contributed by atoms with Crippen LogP contribution < -0.4 is 11.0 Å². The van der Waals surface area contributed by atoms with Gasteiger partial charge >= 0.3 is 0 Å². The third-order valence-electron chi connectivity index (χ3n) is 6.16. The molecule has 0 atom stereocenters. The van der Waals surface area contributed by atoms with Crippen molar-refractivity contribution in [2.24, 2.45) is 0 Å². The van der Waals surface area contributed by atoms with Gasteiger partial charge in [0.15, 0.2) is 5.16 Å². The molecule has 13 nitrogen and oxygen atoms in total. The van der Waals surface area contributed by atoms with Gasteiger partial charge in [-0.25, -0.2) is 38.6 Å². The molecule has 44 heavy (non-hydrogen) atoms. The van der Waals surface area contributed by atoms with Crippen molar-refractivity contribution in [1.82, 2.24) is 45.0 Å². The smallest absolute Gasteiger partial charge is 0.252 e. The zero-order valence-electron chi connectivity index (χ0n) is 23.3. The van der Waals surface area contributed by atoms with E-state index in [0.717, 1.165) is 29.9 Å². The molecule has 4 N–H and O–H groups in total. The summed E-state index contributed by atoms with van der Waals surface area (Å²) in [7, 11) is 0. The summed E-state index contributed by atoms with van der Waals surface area (Å²) >= 11 is 1.44. The normalized spacial score (nSPS) is 11.1. The highest BCUT2D eigenvalue weighted by molar-refractivity contribution is 7.99. The van der Waals surface area contributed by atoms with E-state index in [0.29, 0.717) is 17.3 Å². The van der Waals surface area contributed by atoms with Crippen molar-refractivity contribution in [2.45, 2.75) is 43.1 Å². The summed E-state index contributed by atoms with van der Waals surface area (Å²) in [6, 6.07) is 14.0. The summed E-state index contributed by atoms with van der Waals surface area (Å²) in [4.78, 5) is 37.3. The molecule has 0 saturated heterocycles. The molecule has 2 aromatic carbocycles. The molecular weight excluding hydrogens is 596 g/mol. The number of unbranched alkanes of at least 4 members (excludes halogenated alkanes) is 1. The molecule has 230 valence electrons. The van der Waals surface area contributed by atoms with Gasteiger partial charge < -0.3 is 10.1 Å². The number of H-pyrrole nitrogens is 1. The van der Waals surface area contributed by atoms with Gasteiger partial charge in [0.25, 0.3) is 5.56 Å². The largest absolute Gasteiger partial charge is 0.381 e. The number of benzene rings is 2. The van der Waals surface area contributed by atoms with Crippen LogP contribution in [0.4, 0.5) is 8.78 Å². The molecular formula is C28H29F2N9O4S. The van der Waals surface area contributed by atoms with E-state index in [2.05, 4.69) is 30.1 Å². The number of hydrogen-bond donors (Lipinski definition) is 4. The van der Waals surface area contributed by atoms with Crippen molar-refractivity contribution in [3.8, 4) is 11.3 Å². The lowest BCUT2D eigenvalue weighted by Gasteiger charge is -2.28. The van der Waals surface area contributed by atoms with Crippen LogP contribution in [-0.4, -0.2) is 61.5 Å². The van der Waals surface area contributed by atoms with Gasteiger partial charge in [-0.3, -0.25) is 14.8 Å². The van der Waals surface area contributed by atoms with Crippen LogP contribution in [0.3, 0.4) is 0 Å². The monoisotopic (exact) mass is 625 g/mol. The maximum atomic E-state index is 14.1. The molecule has 0 spiro atoms. The Balaban J connectivity index is 0.000000201. The molecule has 3 aromatic heterocycles. The standard InChI is InChI=1S/C15H17N3O3S.C13H12F2N6O/c19-13(18-21)8-4-5-9-22-15-16-12(10-14(20)17-15)11-6-2-1-3-7-11;14-10-1-2-11(12(15)3-10)13(22,4-20-8-16-6-18-20)5-21-9-17-7-19-21/h1-3,6-7,10,21H,4-5,8-9H2,(H,18,19)(H,16,17,20);1-3,6-9,22H,4-5H2. The Hall–Kier alpha value is -4.80. The number of carbonyl (C=O) groups excluding carboxylic acids is 1.